The zero-order valence-electron chi connectivity index (χ0n) is 10.7. The lowest BCUT2D eigenvalue weighted by Crippen LogP contribution is -2.47. The Morgan fingerprint density at radius 2 is 1.94 bits per heavy atom. The molecular formula is C13H26N2O. The average Bonchev–Trinajstić information content (AvgIpc) is 2.75. The van der Waals surface area contributed by atoms with Crippen LogP contribution in [0.5, 0.6) is 0 Å². The van der Waals surface area contributed by atoms with E-state index in [1.54, 1.807) is 0 Å². The summed E-state index contributed by atoms with van der Waals surface area (Å²) in [7, 11) is 0. The fourth-order valence-corrected chi connectivity index (χ4v) is 3.01. The molecule has 0 aliphatic carbocycles. The summed E-state index contributed by atoms with van der Waals surface area (Å²) in [6.07, 6.45) is 5.33. The summed E-state index contributed by atoms with van der Waals surface area (Å²) >= 11 is 0. The van der Waals surface area contributed by atoms with E-state index >= 15 is 0 Å². The first-order valence-electron chi connectivity index (χ1n) is 6.84. The van der Waals surface area contributed by atoms with Gasteiger partial charge in [-0.3, -0.25) is 4.90 Å². The van der Waals surface area contributed by atoms with Crippen LogP contribution >= 0.6 is 0 Å². The van der Waals surface area contributed by atoms with Crippen molar-refractivity contribution in [1.82, 2.24) is 10.2 Å². The van der Waals surface area contributed by atoms with E-state index in [1.165, 1.54) is 32.2 Å². The van der Waals surface area contributed by atoms with Gasteiger partial charge in [0.05, 0.1) is 6.61 Å². The van der Waals surface area contributed by atoms with Gasteiger partial charge in [0.1, 0.15) is 0 Å². The van der Waals surface area contributed by atoms with E-state index in [0.717, 1.165) is 31.8 Å². The van der Waals surface area contributed by atoms with Gasteiger partial charge in [-0.1, -0.05) is 6.42 Å². The molecule has 0 amide bonds. The van der Waals surface area contributed by atoms with Crippen molar-refractivity contribution in [2.45, 2.75) is 57.7 Å². The molecule has 0 aromatic heterocycles. The van der Waals surface area contributed by atoms with Gasteiger partial charge < -0.3 is 10.1 Å². The monoisotopic (exact) mass is 226 g/mol. The Morgan fingerprint density at radius 1 is 1.19 bits per heavy atom. The Bertz CT molecular complexity index is 194. The van der Waals surface area contributed by atoms with Crippen molar-refractivity contribution < 1.29 is 4.74 Å². The normalized spacial score (nSPS) is 36.8. The third-order valence-corrected chi connectivity index (χ3v) is 4.11. The first-order valence-corrected chi connectivity index (χ1v) is 6.84. The van der Waals surface area contributed by atoms with Crippen LogP contribution in [-0.4, -0.2) is 49.3 Å². The van der Waals surface area contributed by atoms with E-state index in [1.807, 2.05) is 0 Å². The second-order valence-electron chi connectivity index (χ2n) is 5.38. The third kappa shape index (κ3) is 3.19. The Balaban J connectivity index is 1.67. The predicted molar refractivity (Wildman–Crippen MR) is 66.7 cm³/mol. The zero-order chi connectivity index (χ0) is 11.4. The molecule has 0 bridgehead atoms. The SMILES string of the molecule is CC1CCCC(C)N1CCNC1CCOC1. The molecule has 94 valence electrons. The highest BCUT2D eigenvalue weighted by Crippen LogP contribution is 2.21. The lowest BCUT2D eigenvalue weighted by molar-refractivity contribution is 0.103. The highest BCUT2D eigenvalue weighted by atomic mass is 16.5. The summed E-state index contributed by atoms with van der Waals surface area (Å²) in [5, 5.41) is 3.60. The summed E-state index contributed by atoms with van der Waals surface area (Å²) in [6.45, 7) is 8.89. The van der Waals surface area contributed by atoms with Gasteiger partial charge in [-0.2, -0.15) is 0 Å². The lowest BCUT2D eigenvalue weighted by atomic mass is 9.98. The smallest absolute Gasteiger partial charge is 0.0620 e. The molecule has 2 rings (SSSR count). The van der Waals surface area contributed by atoms with E-state index in [4.69, 9.17) is 4.74 Å². The molecule has 3 atom stereocenters. The molecule has 0 aromatic carbocycles. The molecule has 2 aliphatic rings. The van der Waals surface area contributed by atoms with Crippen LogP contribution in [0.3, 0.4) is 0 Å². The van der Waals surface area contributed by atoms with Crippen molar-refractivity contribution in [3.8, 4) is 0 Å². The number of likely N-dealkylation sites (tertiary alicyclic amines) is 1. The number of nitrogens with zero attached hydrogens (tertiary/aromatic N) is 1. The summed E-state index contributed by atoms with van der Waals surface area (Å²) in [5.74, 6) is 0. The van der Waals surface area contributed by atoms with Crippen molar-refractivity contribution in [2.24, 2.45) is 0 Å². The minimum absolute atomic E-state index is 0.607. The van der Waals surface area contributed by atoms with Gasteiger partial charge in [-0.05, 0) is 33.1 Å². The van der Waals surface area contributed by atoms with Crippen LogP contribution in [0.25, 0.3) is 0 Å². The predicted octanol–water partition coefficient (Wildman–Crippen LogP) is 1.63. The molecule has 2 heterocycles. The van der Waals surface area contributed by atoms with E-state index in [-0.39, 0.29) is 0 Å². The largest absolute Gasteiger partial charge is 0.380 e. The standard InChI is InChI=1S/C13H26N2O/c1-11-4-3-5-12(2)15(11)8-7-14-13-6-9-16-10-13/h11-14H,3-10H2,1-2H3. The van der Waals surface area contributed by atoms with Gasteiger partial charge >= 0.3 is 0 Å². The molecule has 2 aliphatic heterocycles. The Labute approximate surface area is 99.5 Å². The van der Waals surface area contributed by atoms with Crippen LogP contribution in [0.2, 0.25) is 0 Å². The molecule has 0 spiro atoms. The topological polar surface area (TPSA) is 24.5 Å². The fourth-order valence-electron chi connectivity index (χ4n) is 3.01. The van der Waals surface area contributed by atoms with E-state index in [9.17, 15) is 0 Å². The van der Waals surface area contributed by atoms with Gasteiger partial charge in [0.15, 0.2) is 0 Å². The number of nitrogens with one attached hydrogen (secondary N) is 1. The minimum Gasteiger partial charge on any atom is -0.380 e. The maximum Gasteiger partial charge on any atom is 0.0620 e. The van der Waals surface area contributed by atoms with Crippen molar-refractivity contribution in [1.29, 1.82) is 0 Å². The van der Waals surface area contributed by atoms with Gasteiger partial charge in [0.2, 0.25) is 0 Å². The highest BCUT2D eigenvalue weighted by molar-refractivity contribution is 4.80. The molecule has 2 saturated heterocycles. The number of rotatable bonds is 4. The first kappa shape index (κ1) is 12.3. The molecule has 16 heavy (non-hydrogen) atoms. The van der Waals surface area contributed by atoms with Gasteiger partial charge in [0.25, 0.3) is 0 Å². The lowest BCUT2D eigenvalue weighted by Gasteiger charge is -2.39. The minimum atomic E-state index is 0.607. The van der Waals surface area contributed by atoms with Gasteiger partial charge in [0, 0.05) is 37.8 Å². The highest BCUT2D eigenvalue weighted by Gasteiger charge is 2.24. The molecule has 0 aromatic rings. The Morgan fingerprint density at radius 3 is 2.56 bits per heavy atom. The summed E-state index contributed by atoms with van der Waals surface area (Å²) < 4.78 is 5.37. The molecule has 3 nitrogen and oxygen atoms in total. The number of hydrogen-bond donors (Lipinski definition) is 1. The molecule has 3 unspecified atom stereocenters. The second kappa shape index (κ2) is 5.99. The molecule has 2 fully saturated rings. The maximum atomic E-state index is 5.37. The first-order chi connectivity index (χ1) is 7.77. The molecule has 1 N–H and O–H groups in total. The third-order valence-electron chi connectivity index (χ3n) is 4.11. The van der Waals surface area contributed by atoms with E-state index in [0.29, 0.717) is 6.04 Å². The summed E-state index contributed by atoms with van der Waals surface area (Å²) in [5.41, 5.74) is 0. The van der Waals surface area contributed by atoms with Crippen molar-refractivity contribution in [2.75, 3.05) is 26.3 Å². The van der Waals surface area contributed by atoms with Crippen LogP contribution in [0.15, 0.2) is 0 Å². The number of piperidine rings is 1. The van der Waals surface area contributed by atoms with E-state index < -0.39 is 0 Å². The van der Waals surface area contributed by atoms with Crippen LogP contribution < -0.4 is 5.32 Å². The van der Waals surface area contributed by atoms with Crippen LogP contribution in [0, 0.1) is 0 Å². The Hall–Kier alpha value is -0.120. The number of hydrogen-bond acceptors (Lipinski definition) is 3. The molecule has 0 saturated carbocycles. The zero-order valence-corrected chi connectivity index (χ0v) is 10.7. The van der Waals surface area contributed by atoms with Crippen LogP contribution in [-0.2, 0) is 4.74 Å². The number of ether oxygens (including phenoxy) is 1. The molecular weight excluding hydrogens is 200 g/mol. The van der Waals surface area contributed by atoms with Crippen molar-refractivity contribution in [3.63, 3.8) is 0 Å². The van der Waals surface area contributed by atoms with Crippen molar-refractivity contribution >= 4 is 0 Å². The molecule has 0 radical (unpaired) electrons. The summed E-state index contributed by atoms with van der Waals surface area (Å²) in [4.78, 5) is 2.66. The molecule has 3 heteroatoms. The van der Waals surface area contributed by atoms with Crippen LogP contribution in [0.4, 0.5) is 0 Å². The van der Waals surface area contributed by atoms with E-state index in [2.05, 4.69) is 24.1 Å². The summed E-state index contributed by atoms with van der Waals surface area (Å²) in [6, 6.07) is 2.14. The van der Waals surface area contributed by atoms with Crippen LogP contribution in [0.1, 0.15) is 39.5 Å². The average molecular weight is 226 g/mol. The van der Waals surface area contributed by atoms with Gasteiger partial charge in [-0.25, -0.2) is 0 Å². The quantitative estimate of drug-likeness (QED) is 0.788. The maximum absolute atomic E-state index is 5.37. The van der Waals surface area contributed by atoms with Gasteiger partial charge in [-0.15, -0.1) is 0 Å². The fraction of sp³-hybridized carbons (Fsp3) is 1.00. The van der Waals surface area contributed by atoms with Crippen molar-refractivity contribution in [3.05, 3.63) is 0 Å². The Kier molecular flexibility index (Phi) is 4.62. The second-order valence-corrected chi connectivity index (χ2v) is 5.38.